The van der Waals surface area contributed by atoms with Crippen LogP contribution in [0.4, 0.5) is 0 Å². The number of amides is 1. The van der Waals surface area contributed by atoms with Crippen LogP contribution in [-0.2, 0) is 6.54 Å². The summed E-state index contributed by atoms with van der Waals surface area (Å²) in [6.45, 7) is 4.15. The Morgan fingerprint density at radius 2 is 2.31 bits per heavy atom. The van der Waals surface area contributed by atoms with E-state index in [1.54, 1.807) is 0 Å². The Hall–Kier alpha value is -1.62. The van der Waals surface area contributed by atoms with Crippen LogP contribution in [0.25, 0.3) is 0 Å². The van der Waals surface area contributed by atoms with Gasteiger partial charge in [-0.2, -0.15) is 11.3 Å². The second-order valence-corrected chi connectivity index (χ2v) is 4.25. The molecule has 2 rings (SSSR count). The van der Waals surface area contributed by atoms with Gasteiger partial charge in [0, 0.05) is 5.38 Å². The summed E-state index contributed by atoms with van der Waals surface area (Å²) < 4.78 is 5.05. The third kappa shape index (κ3) is 2.14. The number of carbonyl (C=O) groups excluding carboxylic acids is 1. The molecule has 2 aromatic rings. The van der Waals surface area contributed by atoms with Gasteiger partial charge in [-0.3, -0.25) is 4.79 Å². The predicted octanol–water partition coefficient (Wildman–Crippen LogP) is 2.28. The normalized spacial score (nSPS) is 10.4. The smallest absolute Gasteiger partial charge is 0.252 e. The molecule has 84 valence electrons. The number of aryl methyl sites for hydroxylation is 2. The molecule has 2 heterocycles. The lowest BCUT2D eigenvalue weighted by Gasteiger charge is -2.02. The molecule has 0 spiro atoms. The molecule has 2 aromatic heterocycles. The molecular formula is C11H12N2O2S. The van der Waals surface area contributed by atoms with E-state index in [4.69, 9.17) is 4.42 Å². The Morgan fingerprint density at radius 3 is 2.88 bits per heavy atom. The largest absolute Gasteiger partial charge is 0.448 e. The van der Waals surface area contributed by atoms with E-state index in [1.165, 1.54) is 17.7 Å². The van der Waals surface area contributed by atoms with Crippen LogP contribution in [0, 0.1) is 13.8 Å². The summed E-state index contributed by atoms with van der Waals surface area (Å²) in [4.78, 5) is 15.8. The maximum absolute atomic E-state index is 11.8. The van der Waals surface area contributed by atoms with Crippen LogP contribution < -0.4 is 5.32 Å². The molecule has 0 aliphatic rings. The minimum Gasteiger partial charge on any atom is -0.448 e. The average molecular weight is 236 g/mol. The maximum atomic E-state index is 11.8. The SMILES string of the molecule is Cc1cscc1C(=O)NCc1ncoc1C. The summed E-state index contributed by atoms with van der Waals surface area (Å²) in [6, 6.07) is 0. The van der Waals surface area contributed by atoms with Crippen LogP contribution in [0.3, 0.4) is 0 Å². The highest BCUT2D eigenvalue weighted by atomic mass is 32.1. The molecule has 5 heteroatoms. The number of hydrogen-bond acceptors (Lipinski definition) is 4. The van der Waals surface area contributed by atoms with Gasteiger partial charge in [0.05, 0.1) is 12.1 Å². The van der Waals surface area contributed by atoms with Crippen LogP contribution in [-0.4, -0.2) is 10.9 Å². The van der Waals surface area contributed by atoms with Crippen molar-refractivity contribution in [2.45, 2.75) is 20.4 Å². The second-order valence-electron chi connectivity index (χ2n) is 3.51. The van der Waals surface area contributed by atoms with Gasteiger partial charge in [0.25, 0.3) is 5.91 Å². The van der Waals surface area contributed by atoms with E-state index in [-0.39, 0.29) is 5.91 Å². The van der Waals surface area contributed by atoms with Crippen LogP contribution in [0.15, 0.2) is 21.6 Å². The Labute approximate surface area is 97.3 Å². The first-order valence-corrected chi connectivity index (χ1v) is 5.82. The summed E-state index contributed by atoms with van der Waals surface area (Å²) >= 11 is 1.53. The molecule has 0 unspecified atom stereocenters. The van der Waals surface area contributed by atoms with Crippen molar-refractivity contribution >= 4 is 17.2 Å². The first kappa shape index (κ1) is 10.9. The number of thiophene rings is 1. The lowest BCUT2D eigenvalue weighted by Crippen LogP contribution is -2.23. The van der Waals surface area contributed by atoms with Gasteiger partial charge in [-0.25, -0.2) is 4.98 Å². The highest BCUT2D eigenvalue weighted by molar-refractivity contribution is 7.08. The average Bonchev–Trinajstić information content (AvgIpc) is 2.84. The predicted molar refractivity (Wildman–Crippen MR) is 61.5 cm³/mol. The molecule has 0 aliphatic carbocycles. The number of aromatic nitrogens is 1. The Morgan fingerprint density at radius 1 is 1.50 bits per heavy atom. The first-order chi connectivity index (χ1) is 7.68. The number of oxazole rings is 1. The van der Waals surface area contributed by atoms with Crippen LogP contribution in [0.5, 0.6) is 0 Å². The second kappa shape index (κ2) is 4.49. The molecule has 1 N–H and O–H groups in total. The topological polar surface area (TPSA) is 55.1 Å². The highest BCUT2D eigenvalue weighted by Gasteiger charge is 2.10. The number of hydrogen-bond donors (Lipinski definition) is 1. The van der Waals surface area contributed by atoms with Gasteiger partial charge >= 0.3 is 0 Å². The number of carbonyl (C=O) groups is 1. The van der Waals surface area contributed by atoms with Crippen LogP contribution in [0.2, 0.25) is 0 Å². The molecule has 16 heavy (non-hydrogen) atoms. The molecule has 0 saturated carbocycles. The van der Waals surface area contributed by atoms with E-state index in [1.807, 2.05) is 24.6 Å². The first-order valence-electron chi connectivity index (χ1n) is 4.88. The van der Waals surface area contributed by atoms with E-state index in [9.17, 15) is 4.79 Å². The minimum atomic E-state index is -0.0684. The highest BCUT2D eigenvalue weighted by Crippen LogP contribution is 2.13. The van der Waals surface area contributed by atoms with Gasteiger partial charge < -0.3 is 9.73 Å². The standard InChI is InChI=1S/C11H12N2O2S/c1-7-4-16-5-9(7)11(14)12-3-10-8(2)15-6-13-10/h4-6H,3H2,1-2H3,(H,12,14). The lowest BCUT2D eigenvalue weighted by molar-refractivity contribution is 0.0950. The monoisotopic (exact) mass is 236 g/mol. The molecule has 0 atom stereocenters. The lowest BCUT2D eigenvalue weighted by atomic mass is 10.2. The van der Waals surface area contributed by atoms with Crippen LogP contribution >= 0.6 is 11.3 Å². The minimum absolute atomic E-state index is 0.0684. The Kier molecular flexibility index (Phi) is 3.05. The molecule has 0 aliphatic heterocycles. The Bertz CT molecular complexity index is 502. The zero-order valence-electron chi connectivity index (χ0n) is 9.11. The van der Waals surface area contributed by atoms with Gasteiger partial charge in [-0.1, -0.05) is 0 Å². The number of nitrogens with one attached hydrogen (secondary N) is 1. The molecule has 0 aromatic carbocycles. The summed E-state index contributed by atoms with van der Waals surface area (Å²) in [5.41, 5.74) is 2.49. The van der Waals surface area contributed by atoms with Crippen molar-refractivity contribution in [1.29, 1.82) is 0 Å². The summed E-state index contributed by atoms with van der Waals surface area (Å²) in [5.74, 6) is 0.670. The van der Waals surface area contributed by atoms with E-state index in [0.29, 0.717) is 6.54 Å². The quantitative estimate of drug-likeness (QED) is 0.889. The third-order valence-electron chi connectivity index (χ3n) is 2.36. The van der Waals surface area contributed by atoms with E-state index in [0.717, 1.165) is 22.6 Å². The van der Waals surface area contributed by atoms with Gasteiger partial charge in [0.1, 0.15) is 11.5 Å². The van der Waals surface area contributed by atoms with E-state index in [2.05, 4.69) is 10.3 Å². The van der Waals surface area contributed by atoms with E-state index < -0.39 is 0 Å². The van der Waals surface area contributed by atoms with Crippen molar-refractivity contribution in [2.24, 2.45) is 0 Å². The summed E-state index contributed by atoms with van der Waals surface area (Å²) in [7, 11) is 0. The van der Waals surface area contributed by atoms with Crippen molar-refractivity contribution in [3.63, 3.8) is 0 Å². The van der Waals surface area contributed by atoms with Gasteiger partial charge in [-0.15, -0.1) is 0 Å². The fourth-order valence-corrected chi connectivity index (χ4v) is 2.18. The van der Waals surface area contributed by atoms with Gasteiger partial charge in [0.2, 0.25) is 0 Å². The maximum Gasteiger partial charge on any atom is 0.252 e. The third-order valence-corrected chi connectivity index (χ3v) is 3.22. The summed E-state index contributed by atoms with van der Waals surface area (Å²) in [5, 5.41) is 6.62. The molecule has 0 bridgehead atoms. The fourth-order valence-electron chi connectivity index (χ4n) is 1.35. The van der Waals surface area contributed by atoms with E-state index >= 15 is 0 Å². The van der Waals surface area contributed by atoms with Crippen molar-refractivity contribution in [1.82, 2.24) is 10.3 Å². The van der Waals surface area contributed by atoms with Gasteiger partial charge in [-0.05, 0) is 24.8 Å². The Balaban J connectivity index is 1.99. The molecule has 4 nitrogen and oxygen atoms in total. The number of rotatable bonds is 3. The van der Waals surface area contributed by atoms with Gasteiger partial charge in [0.15, 0.2) is 6.39 Å². The number of nitrogens with zero attached hydrogens (tertiary/aromatic N) is 1. The fraction of sp³-hybridized carbons (Fsp3) is 0.273. The van der Waals surface area contributed by atoms with Crippen molar-refractivity contribution in [2.75, 3.05) is 0 Å². The van der Waals surface area contributed by atoms with Crippen molar-refractivity contribution in [3.8, 4) is 0 Å². The van der Waals surface area contributed by atoms with Crippen LogP contribution in [0.1, 0.15) is 27.4 Å². The molecular weight excluding hydrogens is 224 g/mol. The van der Waals surface area contributed by atoms with Crippen molar-refractivity contribution in [3.05, 3.63) is 39.7 Å². The summed E-state index contributed by atoms with van der Waals surface area (Å²) in [6.07, 6.45) is 1.38. The zero-order valence-corrected chi connectivity index (χ0v) is 9.93. The molecule has 1 amide bonds. The molecule has 0 saturated heterocycles. The molecule has 0 radical (unpaired) electrons. The molecule has 0 fully saturated rings. The zero-order chi connectivity index (χ0) is 11.5. The van der Waals surface area contributed by atoms with Crippen molar-refractivity contribution < 1.29 is 9.21 Å².